The van der Waals surface area contributed by atoms with Gasteiger partial charge in [0, 0.05) is 17.0 Å². The molecule has 0 saturated heterocycles. The van der Waals surface area contributed by atoms with Crippen LogP contribution in [0.25, 0.3) is 10.9 Å². The van der Waals surface area contributed by atoms with Crippen molar-refractivity contribution in [2.45, 2.75) is 57.7 Å². The molecule has 2 heterocycles. The minimum absolute atomic E-state index is 0.0184. The number of halogens is 3. The Morgan fingerprint density at radius 1 is 1.23 bits per heavy atom. The summed E-state index contributed by atoms with van der Waals surface area (Å²) in [5.41, 5.74) is 1.44. The molecule has 0 bridgehead atoms. The van der Waals surface area contributed by atoms with E-state index in [0.29, 0.717) is 25.0 Å². The van der Waals surface area contributed by atoms with E-state index >= 15 is 0 Å². The highest BCUT2D eigenvalue weighted by atomic mass is 19.4. The van der Waals surface area contributed by atoms with Crippen LogP contribution in [0.4, 0.5) is 13.2 Å². The van der Waals surface area contributed by atoms with E-state index in [1.807, 2.05) is 25.1 Å². The summed E-state index contributed by atoms with van der Waals surface area (Å²) in [4.78, 5) is 17.2. The van der Waals surface area contributed by atoms with Gasteiger partial charge >= 0.3 is 6.18 Å². The van der Waals surface area contributed by atoms with Crippen molar-refractivity contribution in [1.29, 1.82) is 0 Å². The number of benzene rings is 1. The number of pyridine rings is 1. The van der Waals surface area contributed by atoms with Crippen molar-refractivity contribution in [3.63, 3.8) is 0 Å². The molecular formula is C23H25F3N4O. The first kappa shape index (κ1) is 21.3. The summed E-state index contributed by atoms with van der Waals surface area (Å²) in [6.45, 7) is 4.22. The van der Waals surface area contributed by atoms with Crippen molar-refractivity contribution < 1.29 is 18.0 Å². The Balaban J connectivity index is 1.45. The molecule has 1 amide bonds. The molecule has 1 aliphatic carbocycles. The van der Waals surface area contributed by atoms with Crippen LogP contribution in [0.5, 0.6) is 0 Å². The van der Waals surface area contributed by atoms with Gasteiger partial charge in [-0.05, 0) is 69.4 Å². The second-order valence-electron chi connectivity index (χ2n) is 8.81. The number of hydrogen-bond donors (Lipinski definition) is 2. The van der Waals surface area contributed by atoms with Crippen LogP contribution in [0.1, 0.15) is 55.7 Å². The van der Waals surface area contributed by atoms with Gasteiger partial charge in [0.25, 0.3) is 0 Å². The minimum atomic E-state index is -4.37. The van der Waals surface area contributed by atoms with E-state index in [1.54, 1.807) is 12.3 Å². The topological polar surface area (TPSA) is 70.7 Å². The number of aromatic amines is 1. The predicted octanol–water partition coefficient (Wildman–Crippen LogP) is 4.78. The van der Waals surface area contributed by atoms with Gasteiger partial charge in [0.05, 0.1) is 23.4 Å². The van der Waals surface area contributed by atoms with E-state index in [9.17, 15) is 18.0 Å². The fourth-order valence-electron chi connectivity index (χ4n) is 3.97. The molecule has 0 saturated carbocycles. The van der Waals surface area contributed by atoms with Gasteiger partial charge in [0.1, 0.15) is 5.41 Å². The zero-order valence-electron chi connectivity index (χ0n) is 17.7. The highest BCUT2D eigenvalue weighted by Crippen LogP contribution is 2.40. The number of amides is 1. The number of H-pyrrole nitrogens is 1. The molecule has 2 aromatic heterocycles. The Morgan fingerprint density at radius 3 is 2.74 bits per heavy atom. The van der Waals surface area contributed by atoms with Crippen LogP contribution in [-0.2, 0) is 23.1 Å². The number of fused-ring (bicyclic) bond motifs is 2. The lowest BCUT2D eigenvalue weighted by Gasteiger charge is -2.30. The molecule has 1 aromatic carbocycles. The Hall–Kier alpha value is -2.90. The third kappa shape index (κ3) is 4.03. The van der Waals surface area contributed by atoms with Gasteiger partial charge in [-0.25, -0.2) is 0 Å². The molecule has 8 heteroatoms. The number of rotatable bonds is 4. The van der Waals surface area contributed by atoms with E-state index in [-0.39, 0.29) is 23.6 Å². The number of nitrogens with zero attached hydrogens (tertiary/aromatic N) is 2. The standard InChI is InChI=1S/C23H25F3N4O/c1-13(14-4-8-19-17(10-14)12-27-30-19)28-21(31)16-5-7-18-15(11-16)6-9-20(29-18)22(2,3)23(24,25)26/h4,6,8-10,12-13,16H,5,7,11H2,1-3H3,(H,27,30)(H,28,31)/t13-,16+/m0/s1. The molecule has 1 aliphatic rings. The van der Waals surface area contributed by atoms with Crippen LogP contribution >= 0.6 is 0 Å². The maximum Gasteiger partial charge on any atom is 0.399 e. The van der Waals surface area contributed by atoms with Crippen molar-refractivity contribution in [2.24, 2.45) is 5.92 Å². The molecule has 4 rings (SSSR count). The summed E-state index contributed by atoms with van der Waals surface area (Å²) in [5, 5.41) is 11.0. The number of carbonyl (C=O) groups is 1. The van der Waals surface area contributed by atoms with Crippen LogP contribution in [-0.4, -0.2) is 27.3 Å². The van der Waals surface area contributed by atoms with Crippen molar-refractivity contribution >= 4 is 16.8 Å². The number of aromatic nitrogens is 3. The number of carbonyl (C=O) groups excluding carboxylic acids is 1. The number of hydrogen-bond acceptors (Lipinski definition) is 3. The zero-order valence-corrected chi connectivity index (χ0v) is 17.7. The van der Waals surface area contributed by atoms with Gasteiger partial charge in [0.2, 0.25) is 5.91 Å². The lowest BCUT2D eigenvalue weighted by Crippen LogP contribution is -2.38. The summed E-state index contributed by atoms with van der Waals surface area (Å²) in [6.07, 6.45) is -1.10. The van der Waals surface area contributed by atoms with Crippen molar-refractivity contribution in [2.75, 3.05) is 0 Å². The molecule has 0 spiro atoms. The third-order valence-corrected chi connectivity index (χ3v) is 6.31. The Kier molecular flexibility index (Phi) is 5.27. The maximum absolute atomic E-state index is 13.4. The molecule has 5 nitrogen and oxygen atoms in total. The molecule has 0 radical (unpaired) electrons. The van der Waals surface area contributed by atoms with E-state index < -0.39 is 11.6 Å². The first-order valence-corrected chi connectivity index (χ1v) is 10.4. The minimum Gasteiger partial charge on any atom is -0.349 e. The molecular weight excluding hydrogens is 405 g/mol. The highest BCUT2D eigenvalue weighted by molar-refractivity contribution is 5.81. The van der Waals surface area contributed by atoms with Crippen molar-refractivity contribution in [1.82, 2.24) is 20.5 Å². The second kappa shape index (κ2) is 7.66. The maximum atomic E-state index is 13.4. The van der Waals surface area contributed by atoms with Gasteiger partial charge in [-0.1, -0.05) is 12.1 Å². The summed E-state index contributed by atoms with van der Waals surface area (Å²) >= 11 is 0. The molecule has 3 aromatic rings. The highest BCUT2D eigenvalue weighted by Gasteiger charge is 2.49. The average molecular weight is 430 g/mol. The van der Waals surface area contributed by atoms with Gasteiger partial charge in [-0.15, -0.1) is 0 Å². The second-order valence-corrected chi connectivity index (χ2v) is 8.81. The summed E-state index contributed by atoms with van der Waals surface area (Å²) in [6, 6.07) is 8.85. The lowest BCUT2D eigenvalue weighted by atomic mass is 9.83. The molecule has 2 atom stereocenters. The smallest absolute Gasteiger partial charge is 0.349 e. The summed E-state index contributed by atoms with van der Waals surface area (Å²) in [7, 11) is 0. The molecule has 0 unspecified atom stereocenters. The van der Waals surface area contributed by atoms with E-state index in [2.05, 4.69) is 20.5 Å². The largest absolute Gasteiger partial charge is 0.399 e. The van der Waals surface area contributed by atoms with Gasteiger partial charge in [-0.3, -0.25) is 14.9 Å². The monoisotopic (exact) mass is 430 g/mol. The normalized spacial score (nSPS) is 17.9. The number of alkyl halides is 3. The summed E-state index contributed by atoms with van der Waals surface area (Å²) < 4.78 is 40.1. The van der Waals surface area contributed by atoms with Crippen LogP contribution in [0, 0.1) is 5.92 Å². The van der Waals surface area contributed by atoms with E-state index in [4.69, 9.17) is 0 Å². The van der Waals surface area contributed by atoms with Gasteiger partial charge < -0.3 is 5.32 Å². The number of nitrogens with one attached hydrogen (secondary N) is 2. The van der Waals surface area contributed by atoms with Crippen molar-refractivity contribution in [3.05, 3.63) is 59.0 Å². The Bertz CT molecular complexity index is 1120. The van der Waals surface area contributed by atoms with E-state index in [1.165, 1.54) is 6.07 Å². The molecule has 0 fully saturated rings. The van der Waals surface area contributed by atoms with Crippen molar-refractivity contribution in [3.8, 4) is 0 Å². The molecule has 31 heavy (non-hydrogen) atoms. The third-order valence-electron chi connectivity index (χ3n) is 6.31. The van der Waals surface area contributed by atoms with Crippen LogP contribution in [0.2, 0.25) is 0 Å². The Labute approximate surface area is 178 Å². The SMILES string of the molecule is C[C@H](NC(=O)[C@@H]1CCc2nc(C(C)(C)C(F)(F)F)ccc2C1)c1ccc2[nH]ncc2c1. The fourth-order valence-corrected chi connectivity index (χ4v) is 3.97. The van der Waals surface area contributed by atoms with Gasteiger partial charge in [0.15, 0.2) is 0 Å². The van der Waals surface area contributed by atoms with Crippen LogP contribution in [0.3, 0.4) is 0 Å². The average Bonchev–Trinajstić information content (AvgIpc) is 3.19. The quantitative estimate of drug-likeness (QED) is 0.626. The number of aryl methyl sites for hydroxylation is 1. The zero-order chi connectivity index (χ0) is 22.4. The first-order chi connectivity index (χ1) is 14.6. The van der Waals surface area contributed by atoms with Crippen LogP contribution < -0.4 is 5.32 Å². The lowest BCUT2D eigenvalue weighted by molar-refractivity contribution is -0.181. The summed E-state index contributed by atoms with van der Waals surface area (Å²) in [5.74, 6) is -0.277. The fraction of sp³-hybridized carbons (Fsp3) is 0.435. The molecule has 2 N–H and O–H groups in total. The first-order valence-electron chi connectivity index (χ1n) is 10.4. The van der Waals surface area contributed by atoms with Crippen LogP contribution in [0.15, 0.2) is 36.5 Å². The van der Waals surface area contributed by atoms with E-state index in [0.717, 1.165) is 35.9 Å². The Morgan fingerprint density at radius 2 is 2.00 bits per heavy atom. The molecule has 164 valence electrons. The van der Waals surface area contributed by atoms with Gasteiger partial charge in [-0.2, -0.15) is 18.3 Å². The predicted molar refractivity (Wildman–Crippen MR) is 111 cm³/mol. The molecule has 0 aliphatic heterocycles.